The van der Waals surface area contributed by atoms with Gasteiger partial charge >= 0.3 is 0 Å². The number of hydrogen-bond donors (Lipinski definition) is 2. The number of nitro groups is 1. The van der Waals surface area contributed by atoms with Crippen molar-refractivity contribution >= 4 is 5.69 Å². The van der Waals surface area contributed by atoms with E-state index < -0.39 is 11.2 Å². The number of nitrogens with zero attached hydrogens (tertiary/aromatic N) is 4. The van der Waals surface area contributed by atoms with Gasteiger partial charge in [-0.1, -0.05) is 0 Å². The lowest BCUT2D eigenvalue weighted by Crippen LogP contribution is -2.23. The molecule has 0 amide bonds. The zero-order valence-corrected chi connectivity index (χ0v) is 10.4. The molecule has 1 heterocycles. The lowest BCUT2D eigenvalue weighted by Gasteiger charge is -2.16. The Labute approximate surface area is 108 Å². The van der Waals surface area contributed by atoms with Gasteiger partial charge in [-0.05, 0) is 26.0 Å². The highest BCUT2D eigenvalue weighted by Gasteiger charge is 2.12. The normalized spacial score (nSPS) is 12.2. The van der Waals surface area contributed by atoms with Gasteiger partial charge in [0.15, 0.2) is 6.23 Å². The lowest BCUT2D eigenvalue weighted by molar-refractivity contribution is -0.384. The first-order valence-corrected chi connectivity index (χ1v) is 5.56. The third kappa shape index (κ3) is 2.68. The van der Waals surface area contributed by atoms with Gasteiger partial charge in [0.05, 0.1) is 4.92 Å². The van der Waals surface area contributed by atoms with E-state index in [0.717, 1.165) is 0 Å². The molecule has 0 aliphatic carbocycles. The molecule has 0 aliphatic heterocycles. The van der Waals surface area contributed by atoms with Crippen molar-refractivity contribution in [3.05, 3.63) is 51.6 Å². The smallest absolute Gasteiger partial charge is 0.269 e. The summed E-state index contributed by atoms with van der Waals surface area (Å²) in [7, 11) is 0. The Morgan fingerprint density at radius 3 is 2.26 bits per heavy atom. The maximum atomic E-state index is 10.5. The number of nitrogens with one attached hydrogen (secondary N) is 1. The van der Waals surface area contributed by atoms with Gasteiger partial charge in [-0.3, -0.25) is 15.5 Å². The van der Waals surface area contributed by atoms with Crippen LogP contribution in [0.2, 0.25) is 0 Å². The van der Waals surface area contributed by atoms with Gasteiger partial charge in [-0.2, -0.15) is 0 Å². The van der Waals surface area contributed by atoms with Gasteiger partial charge in [0, 0.05) is 17.7 Å². The maximum absolute atomic E-state index is 10.5. The summed E-state index contributed by atoms with van der Waals surface area (Å²) < 4.78 is 1.55. The summed E-state index contributed by atoms with van der Waals surface area (Å²) in [5, 5.41) is 28.2. The van der Waals surface area contributed by atoms with Gasteiger partial charge in [-0.15, -0.1) is 10.2 Å². The number of non-ortho nitro benzene ring substituents is 1. The molecule has 2 rings (SSSR count). The van der Waals surface area contributed by atoms with Crippen LogP contribution >= 0.6 is 0 Å². The highest BCUT2D eigenvalue weighted by Crippen LogP contribution is 2.17. The van der Waals surface area contributed by atoms with Crippen LogP contribution in [-0.2, 0) is 0 Å². The van der Waals surface area contributed by atoms with E-state index in [4.69, 9.17) is 0 Å². The summed E-state index contributed by atoms with van der Waals surface area (Å²) in [5.74, 6) is 1.22. The minimum absolute atomic E-state index is 0.0207. The zero-order chi connectivity index (χ0) is 14.0. The molecule has 0 radical (unpaired) electrons. The Kier molecular flexibility index (Phi) is 3.43. The second kappa shape index (κ2) is 5.02. The van der Waals surface area contributed by atoms with Crippen LogP contribution in [-0.4, -0.2) is 24.9 Å². The first-order valence-electron chi connectivity index (χ1n) is 5.56. The number of rotatable bonds is 4. The molecule has 100 valence electrons. The Morgan fingerprint density at radius 1 is 1.26 bits per heavy atom. The predicted octanol–water partition coefficient (Wildman–Crippen LogP) is 1.04. The third-order valence-corrected chi connectivity index (χ3v) is 2.66. The van der Waals surface area contributed by atoms with Crippen LogP contribution in [0.4, 0.5) is 5.69 Å². The molecule has 1 aromatic carbocycles. The summed E-state index contributed by atoms with van der Waals surface area (Å²) in [5.41, 5.74) is 3.29. The van der Waals surface area contributed by atoms with Crippen molar-refractivity contribution in [1.29, 1.82) is 0 Å². The summed E-state index contributed by atoms with van der Waals surface area (Å²) >= 11 is 0. The Bertz CT molecular complexity index is 573. The van der Waals surface area contributed by atoms with E-state index in [0.29, 0.717) is 17.2 Å². The molecule has 0 spiro atoms. The summed E-state index contributed by atoms with van der Waals surface area (Å²) in [4.78, 5) is 10.0. The predicted molar refractivity (Wildman–Crippen MR) is 66.9 cm³/mol. The Morgan fingerprint density at radius 2 is 1.79 bits per heavy atom. The molecule has 0 fully saturated rings. The molecule has 0 aliphatic rings. The van der Waals surface area contributed by atoms with E-state index in [1.165, 1.54) is 24.3 Å². The monoisotopic (exact) mass is 263 g/mol. The van der Waals surface area contributed by atoms with Gasteiger partial charge in [0.2, 0.25) is 0 Å². The number of benzene rings is 1. The molecule has 1 atom stereocenters. The molecule has 8 heteroatoms. The second-order valence-corrected chi connectivity index (χ2v) is 4.01. The quantitative estimate of drug-likeness (QED) is 0.485. The summed E-state index contributed by atoms with van der Waals surface area (Å²) in [6, 6.07) is 5.66. The van der Waals surface area contributed by atoms with Crippen molar-refractivity contribution in [2.24, 2.45) is 0 Å². The average molecular weight is 263 g/mol. The van der Waals surface area contributed by atoms with Crippen molar-refractivity contribution < 1.29 is 10.0 Å². The van der Waals surface area contributed by atoms with Crippen molar-refractivity contribution in [3.8, 4) is 0 Å². The molecule has 19 heavy (non-hydrogen) atoms. The average Bonchev–Trinajstić information content (AvgIpc) is 2.70. The van der Waals surface area contributed by atoms with Crippen LogP contribution < -0.4 is 5.43 Å². The fraction of sp³-hybridized carbons (Fsp3) is 0.273. The van der Waals surface area contributed by atoms with E-state index in [2.05, 4.69) is 15.6 Å². The van der Waals surface area contributed by atoms with Crippen molar-refractivity contribution in [3.63, 3.8) is 0 Å². The van der Waals surface area contributed by atoms with E-state index in [-0.39, 0.29) is 5.69 Å². The number of aryl methyl sites for hydroxylation is 2. The van der Waals surface area contributed by atoms with Crippen molar-refractivity contribution in [2.75, 3.05) is 5.43 Å². The second-order valence-electron chi connectivity index (χ2n) is 4.01. The van der Waals surface area contributed by atoms with E-state index >= 15 is 0 Å². The number of hydrogen-bond acceptors (Lipinski definition) is 6. The molecule has 2 N–H and O–H groups in total. The molecular weight excluding hydrogens is 250 g/mol. The number of aromatic nitrogens is 3. The van der Waals surface area contributed by atoms with Crippen molar-refractivity contribution in [1.82, 2.24) is 14.9 Å². The number of nitro benzene ring substituents is 1. The van der Waals surface area contributed by atoms with Gasteiger partial charge < -0.3 is 5.11 Å². The minimum atomic E-state index is -1.01. The van der Waals surface area contributed by atoms with Crippen molar-refractivity contribution in [2.45, 2.75) is 20.1 Å². The highest BCUT2D eigenvalue weighted by molar-refractivity contribution is 5.34. The minimum Gasteiger partial charge on any atom is -0.368 e. The standard InChI is InChI=1S/C11H13N5O3/c1-7-12-13-8(2)15(7)14-11(17)9-3-5-10(6-4-9)16(18)19/h3-6,11,14,17H,1-2H3. The highest BCUT2D eigenvalue weighted by atomic mass is 16.6. The van der Waals surface area contributed by atoms with Gasteiger partial charge in [0.1, 0.15) is 11.6 Å². The molecule has 2 aromatic rings. The van der Waals surface area contributed by atoms with Gasteiger partial charge in [0.25, 0.3) is 5.69 Å². The molecule has 1 unspecified atom stereocenters. The molecule has 0 saturated heterocycles. The first kappa shape index (κ1) is 13.0. The van der Waals surface area contributed by atoms with E-state index in [1.54, 1.807) is 18.5 Å². The van der Waals surface area contributed by atoms with Crippen LogP contribution in [0.3, 0.4) is 0 Å². The summed E-state index contributed by atoms with van der Waals surface area (Å²) in [6.07, 6.45) is -1.01. The number of aliphatic hydroxyl groups excluding tert-OH is 1. The molecule has 0 bridgehead atoms. The topological polar surface area (TPSA) is 106 Å². The maximum Gasteiger partial charge on any atom is 0.269 e. The Balaban J connectivity index is 2.16. The van der Waals surface area contributed by atoms with Crippen LogP contribution in [0.15, 0.2) is 24.3 Å². The van der Waals surface area contributed by atoms with Crippen LogP contribution in [0, 0.1) is 24.0 Å². The molecule has 8 nitrogen and oxygen atoms in total. The summed E-state index contributed by atoms with van der Waals surface area (Å²) in [6.45, 7) is 3.49. The van der Waals surface area contributed by atoms with Crippen LogP contribution in [0.25, 0.3) is 0 Å². The van der Waals surface area contributed by atoms with Gasteiger partial charge in [-0.25, -0.2) is 4.68 Å². The molecule has 0 saturated carbocycles. The first-order chi connectivity index (χ1) is 8.99. The van der Waals surface area contributed by atoms with Crippen LogP contribution in [0.1, 0.15) is 23.4 Å². The zero-order valence-electron chi connectivity index (χ0n) is 10.4. The van der Waals surface area contributed by atoms with Crippen LogP contribution in [0.5, 0.6) is 0 Å². The fourth-order valence-electron chi connectivity index (χ4n) is 1.63. The van der Waals surface area contributed by atoms with E-state index in [1.807, 2.05) is 0 Å². The Hall–Kier alpha value is -2.48. The number of aliphatic hydroxyl groups is 1. The molecule has 1 aromatic heterocycles. The SMILES string of the molecule is Cc1nnc(C)n1NC(O)c1ccc([N+](=O)[O-])cc1. The lowest BCUT2D eigenvalue weighted by atomic mass is 10.2. The molecular formula is C11H13N5O3. The largest absolute Gasteiger partial charge is 0.368 e. The fourth-order valence-corrected chi connectivity index (χ4v) is 1.63. The third-order valence-electron chi connectivity index (χ3n) is 2.66. The van der Waals surface area contributed by atoms with E-state index in [9.17, 15) is 15.2 Å².